The zero-order valence-electron chi connectivity index (χ0n) is 17.0. The average Bonchev–Trinajstić information content (AvgIpc) is 3.33. The Labute approximate surface area is 196 Å². The third-order valence-electron chi connectivity index (χ3n) is 4.58. The van der Waals surface area contributed by atoms with Crippen LogP contribution in [0.15, 0.2) is 39.7 Å². The Morgan fingerprint density at radius 2 is 2.19 bits per heavy atom. The number of nitro groups is 1. The highest BCUT2D eigenvalue weighted by Gasteiger charge is 2.40. The zero-order chi connectivity index (χ0) is 23.4. The molecule has 1 saturated heterocycles. The number of hydrogen-bond donors (Lipinski definition) is 1. The van der Waals surface area contributed by atoms with Gasteiger partial charge in [-0.1, -0.05) is 24.0 Å². The molecule has 1 aromatic carbocycles. The summed E-state index contributed by atoms with van der Waals surface area (Å²) in [6, 6.07) is 6.47. The lowest BCUT2D eigenvalue weighted by Crippen LogP contribution is -2.44. The van der Waals surface area contributed by atoms with Crippen LogP contribution in [0, 0.1) is 10.1 Å². The first-order chi connectivity index (χ1) is 15.3. The number of thioether (sulfide) groups is 2. The maximum absolute atomic E-state index is 12.9. The molecule has 0 saturated carbocycles. The van der Waals surface area contributed by atoms with Crippen LogP contribution in [0.3, 0.4) is 0 Å². The first kappa shape index (κ1) is 23.8. The van der Waals surface area contributed by atoms with Crippen molar-refractivity contribution < 1.29 is 28.8 Å². The smallest absolute Gasteiger partial charge is 0.326 e. The lowest BCUT2D eigenvalue weighted by atomic mass is 10.1. The van der Waals surface area contributed by atoms with Crippen LogP contribution >= 0.6 is 35.7 Å². The van der Waals surface area contributed by atoms with Crippen LogP contribution in [0.4, 0.5) is 5.69 Å². The van der Waals surface area contributed by atoms with Gasteiger partial charge in [0, 0.05) is 6.08 Å². The molecule has 3 rings (SSSR count). The molecule has 168 valence electrons. The van der Waals surface area contributed by atoms with Crippen molar-refractivity contribution >= 4 is 63.7 Å². The molecule has 2 heterocycles. The van der Waals surface area contributed by atoms with E-state index in [0.29, 0.717) is 11.5 Å². The van der Waals surface area contributed by atoms with Gasteiger partial charge in [-0.15, -0.1) is 0 Å². The van der Waals surface area contributed by atoms with E-state index in [4.69, 9.17) is 21.4 Å². The number of carboxylic acid groups (broad SMARTS) is 1. The van der Waals surface area contributed by atoms with Gasteiger partial charge < -0.3 is 14.3 Å². The van der Waals surface area contributed by atoms with Crippen molar-refractivity contribution in [2.45, 2.75) is 12.5 Å². The summed E-state index contributed by atoms with van der Waals surface area (Å²) in [5.74, 6) is -0.211. The minimum atomic E-state index is -1.12. The fourth-order valence-electron chi connectivity index (χ4n) is 3.04. The zero-order valence-corrected chi connectivity index (χ0v) is 19.4. The van der Waals surface area contributed by atoms with Crippen molar-refractivity contribution in [2.24, 2.45) is 0 Å². The van der Waals surface area contributed by atoms with E-state index >= 15 is 0 Å². The van der Waals surface area contributed by atoms with Crippen molar-refractivity contribution in [3.05, 3.63) is 51.1 Å². The molecular weight excluding hydrogens is 476 g/mol. The number of carbonyl (C=O) groups is 2. The van der Waals surface area contributed by atoms with Gasteiger partial charge in [0.1, 0.15) is 27.6 Å². The molecule has 1 aromatic heterocycles. The number of benzene rings is 1. The largest absolute Gasteiger partial charge is 0.497 e. The highest BCUT2D eigenvalue weighted by atomic mass is 32.2. The van der Waals surface area contributed by atoms with E-state index in [1.807, 2.05) is 6.26 Å². The van der Waals surface area contributed by atoms with Gasteiger partial charge in [0.15, 0.2) is 0 Å². The Hall–Kier alpha value is -2.83. The van der Waals surface area contributed by atoms with Crippen LogP contribution in [0.5, 0.6) is 5.75 Å². The topological polar surface area (TPSA) is 123 Å². The number of thiocarbonyl (C=S) groups is 1. The molecule has 32 heavy (non-hydrogen) atoms. The van der Waals surface area contributed by atoms with Crippen LogP contribution in [0.2, 0.25) is 0 Å². The van der Waals surface area contributed by atoms with Crippen LogP contribution in [-0.4, -0.2) is 56.3 Å². The standard InChI is InChI=1S/C20H18N2O7S3/c1-28-11-3-5-13(15(9-11)22(26)27)16-6-4-12(29-16)10-17-18(23)21(20(30)32-17)14(19(24)25)7-8-31-2/h3-6,9-10,14H,7-8H2,1-2H3,(H,24,25)/b17-10+/t14-/m0/s1. The Balaban J connectivity index is 1.89. The van der Waals surface area contributed by atoms with E-state index in [9.17, 15) is 24.8 Å². The van der Waals surface area contributed by atoms with E-state index in [2.05, 4.69) is 0 Å². The molecule has 9 nitrogen and oxygen atoms in total. The Morgan fingerprint density at radius 3 is 2.81 bits per heavy atom. The normalized spacial score (nSPS) is 15.9. The monoisotopic (exact) mass is 494 g/mol. The molecular formula is C20H18N2O7S3. The second-order valence-electron chi connectivity index (χ2n) is 6.53. The fraction of sp³-hybridized carbons (Fsp3) is 0.250. The summed E-state index contributed by atoms with van der Waals surface area (Å²) < 4.78 is 10.9. The molecule has 2 aromatic rings. The number of methoxy groups -OCH3 is 1. The van der Waals surface area contributed by atoms with Gasteiger partial charge in [-0.05, 0) is 42.7 Å². The lowest BCUT2D eigenvalue weighted by molar-refractivity contribution is -0.384. The number of ether oxygens (including phenoxy) is 1. The fourth-order valence-corrected chi connectivity index (χ4v) is 4.84. The highest BCUT2D eigenvalue weighted by molar-refractivity contribution is 8.26. The van der Waals surface area contributed by atoms with Crippen molar-refractivity contribution in [3.63, 3.8) is 0 Å². The number of aliphatic carboxylic acids is 1. The molecule has 0 bridgehead atoms. The molecule has 12 heteroatoms. The maximum Gasteiger partial charge on any atom is 0.326 e. The van der Waals surface area contributed by atoms with E-state index in [1.165, 1.54) is 37.1 Å². The second-order valence-corrected chi connectivity index (χ2v) is 9.19. The third-order valence-corrected chi connectivity index (χ3v) is 6.56. The molecule has 1 fully saturated rings. The molecule has 1 aliphatic rings. The molecule has 1 atom stereocenters. The molecule has 1 aliphatic heterocycles. The number of carbonyl (C=O) groups excluding carboxylic acids is 1. The summed E-state index contributed by atoms with van der Waals surface area (Å²) in [6.07, 6.45) is 3.57. The van der Waals surface area contributed by atoms with E-state index in [1.54, 1.807) is 18.2 Å². The van der Waals surface area contributed by atoms with Crippen molar-refractivity contribution in [1.29, 1.82) is 0 Å². The van der Waals surface area contributed by atoms with Gasteiger partial charge in [0.05, 0.1) is 28.6 Å². The minimum absolute atomic E-state index is 0.160. The summed E-state index contributed by atoms with van der Waals surface area (Å²) in [7, 11) is 1.41. The van der Waals surface area contributed by atoms with Gasteiger partial charge in [-0.3, -0.25) is 19.8 Å². The van der Waals surface area contributed by atoms with Gasteiger partial charge in [-0.25, -0.2) is 4.79 Å². The molecule has 0 radical (unpaired) electrons. The van der Waals surface area contributed by atoms with Crippen molar-refractivity contribution in [3.8, 4) is 17.1 Å². The molecule has 0 aliphatic carbocycles. The van der Waals surface area contributed by atoms with Crippen molar-refractivity contribution in [1.82, 2.24) is 4.90 Å². The van der Waals surface area contributed by atoms with Crippen LogP contribution in [0.25, 0.3) is 17.4 Å². The minimum Gasteiger partial charge on any atom is -0.497 e. The van der Waals surface area contributed by atoms with Gasteiger partial charge >= 0.3 is 5.97 Å². The number of rotatable bonds is 9. The summed E-state index contributed by atoms with van der Waals surface area (Å²) in [4.78, 5) is 36.8. The third kappa shape index (κ3) is 4.97. The van der Waals surface area contributed by atoms with Crippen LogP contribution in [-0.2, 0) is 9.59 Å². The number of nitrogens with zero attached hydrogens (tertiary/aromatic N) is 2. The summed E-state index contributed by atoms with van der Waals surface area (Å²) in [5, 5.41) is 21.0. The number of furan rings is 1. The quantitative estimate of drug-likeness (QED) is 0.234. The highest BCUT2D eigenvalue weighted by Crippen LogP contribution is 2.37. The second kappa shape index (κ2) is 10.2. The molecule has 1 amide bonds. The Kier molecular flexibility index (Phi) is 7.59. The number of hydrogen-bond acceptors (Lipinski definition) is 9. The Morgan fingerprint density at radius 1 is 1.44 bits per heavy atom. The molecule has 0 spiro atoms. The molecule has 0 unspecified atom stereocenters. The van der Waals surface area contributed by atoms with Crippen LogP contribution in [0.1, 0.15) is 12.2 Å². The summed E-state index contributed by atoms with van der Waals surface area (Å²) >= 11 is 7.72. The number of carboxylic acids is 1. The van der Waals surface area contributed by atoms with Gasteiger partial charge in [-0.2, -0.15) is 11.8 Å². The SMILES string of the molecule is COc1ccc(-c2ccc(/C=C3/SC(=S)N([C@@H](CCSC)C(=O)O)C3=O)o2)c([N+](=O)[O-])c1. The maximum atomic E-state index is 12.9. The Bertz CT molecular complexity index is 1110. The predicted molar refractivity (Wildman–Crippen MR) is 127 cm³/mol. The summed E-state index contributed by atoms with van der Waals surface area (Å²) in [6.45, 7) is 0. The predicted octanol–water partition coefficient (Wildman–Crippen LogP) is 4.27. The first-order valence-electron chi connectivity index (χ1n) is 9.18. The number of nitro benzene ring substituents is 1. The molecule has 1 N–H and O–H groups in total. The summed E-state index contributed by atoms with van der Waals surface area (Å²) in [5.41, 5.74) is 0.0701. The van der Waals surface area contributed by atoms with Crippen LogP contribution < -0.4 is 4.74 Å². The van der Waals surface area contributed by atoms with Gasteiger partial charge in [0.25, 0.3) is 11.6 Å². The van der Waals surface area contributed by atoms with Gasteiger partial charge in [0.2, 0.25) is 0 Å². The average molecular weight is 495 g/mol. The lowest BCUT2D eigenvalue weighted by Gasteiger charge is -2.22. The van der Waals surface area contributed by atoms with E-state index in [0.717, 1.165) is 16.7 Å². The first-order valence-corrected chi connectivity index (χ1v) is 11.8. The van der Waals surface area contributed by atoms with Crippen molar-refractivity contribution in [2.75, 3.05) is 19.1 Å². The van der Waals surface area contributed by atoms with E-state index < -0.39 is 22.8 Å². The number of amides is 1. The van der Waals surface area contributed by atoms with E-state index in [-0.39, 0.29) is 38.4 Å².